The van der Waals surface area contributed by atoms with Gasteiger partial charge in [-0.25, -0.2) is 4.79 Å². The van der Waals surface area contributed by atoms with Crippen LogP contribution in [0.3, 0.4) is 0 Å². The first kappa shape index (κ1) is 16.0. The Morgan fingerprint density at radius 3 is 2.80 bits per heavy atom. The summed E-state index contributed by atoms with van der Waals surface area (Å²) in [7, 11) is 0. The summed E-state index contributed by atoms with van der Waals surface area (Å²) in [6, 6.07) is 6.80. The Balaban J connectivity index is 2.55. The van der Waals surface area contributed by atoms with Crippen molar-refractivity contribution in [3.05, 3.63) is 29.8 Å². The second kappa shape index (κ2) is 8.16. The number of nitrogens with two attached hydrogens (primary N) is 1. The van der Waals surface area contributed by atoms with Crippen LogP contribution in [0.5, 0.6) is 5.75 Å². The van der Waals surface area contributed by atoms with Gasteiger partial charge in [0.2, 0.25) is 0 Å². The van der Waals surface area contributed by atoms with E-state index in [1.54, 1.807) is 6.07 Å². The highest BCUT2D eigenvalue weighted by molar-refractivity contribution is 5.94. The molecule has 0 radical (unpaired) electrons. The van der Waals surface area contributed by atoms with Crippen molar-refractivity contribution in [2.45, 2.75) is 26.3 Å². The highest BCUT2D eigenvalue weighted by Crippen LogP contribution is 2.19. The maximum Gasteiger partial charge on any atom is 0.318 e. The minimum Gasteiger partial charge on any atom is -0.484 e. The van der Waals surface area contributed by atoms with Crippen LogP contribution in [0.25, 0.3) is 0 Å². The third-order valence-electron chi connectivity index (χ3n) is 2.69. The zero-order valence-corrected chi connectivity index (χ0v) is 11.8. The van der Waals surface area contributed by atoms with E-state index in [1.807, 2.05) is 23.5 Å². The predicted octanol–water partition coefficient (Wildman–Crippen LogP) is 1.32. The molecule has 1 atom stereocenters. The van der Waals surface area contributed by atoms with Gasteiger partial charge in [-0.1, -0.05) is 19.1 Å². The minimum atomic E-state index is -0.885. The van der Waals surface area contributed by atoms with Gasteiger partial charge in [0.05, 0.1) is 0 Å². The zero-order valence-electron chi connectivity index (χ0n) is 11.8. The molecule has 0 bridgehead atoms. The summed E-state index contributed by atoms with van der Waals surface area (Å²) in [6.45, 7) is 4.86. The fraction of sp³-hybridized carbons (Fsp3) is 0.429. The predicted molar refractivity (Wildman–Crippen MR) is 76.4 cm³/mol. The Labute approximate surface area is 118 Å². The van der Waals surface area contributed by atoms with E-state index in [1.165, 1.54) is 0 Å². The summed E-state index contributed by atoms with van der Waals surface area (Å²) >= 11 is 0. The molecule has 0 aromatic heterocycles. The number of benzene rings is 1. The number of ether oxygens (including phenoxy) is 1. The quantitative estimate of drug-likeness (QED) is 0.701. The van der Waals surface area contributed by atoms with Gasteiger partial charge < -0.3 is 15.8 Å². The minimum absolute atomic E-state index is 0.206. The van der Waals surface area contributed by atoms with Crippen molar-refractivity contribution in [3.63, 3.8) is 0 Å². The van der Waals surface area contributed by atoms with Crippen LogP contribution in [0.2, 0.25) is 0 Å². The van der Waals surface area contributed by atoms with E-state index >= 15 is 0 Å². The number of urea groups is 1. The number of rotatable bonds is 7. The molecular weight excluding hydrogens is 258 g/mol. The highest BCUT2D eigenvalue weighted by atomic mass is 16.5. The van der Waals surface area contributed by atoms with Crippen molar-refractivity contribution in [2.24, 2.45) is 5.73 Å². The average molecular weight is 279 g/mol. The molecule has 4 N–H and O–H groups in total. The van der Waals surface area contributed by atoms with Crippen LogP contribution in [0, 0.1) is 0 Å². The van der Waals surface area contributed by atoms with Crippen molar-refractivity contribution in [1.29, 1.82) is 0 Å². The molecule has 1 rings (SSSR count). The second-order valence-electron chi connectivity index (χ2n) is 4.45. The summed E-state index contributed by atoms with van der Waals surface area (Å²) in [6.07, 6.45) is 1.06. The molecule has 1 aromatic rings. The van der Waals surface area contributed by atoms with Crippen molar-refractivity contribution in [2.75, 3.05) is 13.2 Å². The SMILES string of the molecule is CCCNC(C)c1cccc(OCC(=O)NC(N)=O)c1. The molecule has 1 unspecified atom stereocenters. The van der Waals surface area contributed by atoms with Gasteiger partial charge >= 0.3 is 6.03 Å². The molecule has 0 fully saturated rings. The molecule has 110 valence electrons. The Morgan fingerprint density at radius 2 is 2.15 bits per heavy atom. The Morgan fingerprint density at radius 1 is 1.40 bits per heavy atom. The van der Waals surface area contributed by atoms with Gasteiger partial charge in [-0.05, 0) is 37.6 Å². The summed E-state index contributed by atoms with van der Waals surface area (Å²) in [5.74, 6) is 0.00679. The van der Waals surface area contributed by atoms with Gasteiger partial charge in [0.25, 0.3) is 5.91 Å². The number of primary amides is 1. The lowest BCUT2D eigenvalue weighted by Crippen LogP contribution is -2.38. The summed E-state index contributed by atoms with van der Waals surface area (Å²) in [5, 5.41) is 5.31. The van der Waals surface area contributed by atoms with Crippen LogP contribution in [0.1, 0.15) is 31.9 Å². The molecule has 0 saturated carbocycles. The number of hydrogen-bond donors (Lipinski definition) is 3. The normalized spacial score (nSPS) is 11.7. The Hall–Kier alpha value is -2.08. The Bertz CT molecular complexity index is 463. The van der Waals surface area contributed by atoms with Gasteiger partial charge in [0.1, 0.15) is 5.75 Å². The number of imide groups is 1. The number of nitrogens with one attached hydrogen (secondary N) is 2. The number of hydrogen-bond acceptors (Lipinski definition) is 4. The van der Waals surface area contributed by atoms with Gasteiger partial charge in [0, 0.05) is 6.04 Å². The van der Waals surface area contributed by atoms with E-state index in [0.29, 0.717) is 5.75 Å². The fourth-order valence-corrected chi connectivity index (χ4v) is 1.67. The first-order valence-electron chi connectivity index (χ1n) is 6.58. The molecule has 3 amide bonds. The third kappa shape index (κ3) is 5.71. The molecule has 6 heteroatoms. The number of carbonyl (C=O) groups is 2. The molecule has 0 aliphatic heterocycles. The van der Waals surface area contributed by atoms with Gasteiger partial charge in [-0.2, -0.15) is 0 Å². The van der Waals surface area contributed by atoms with Gasteiger partial charge in [-0.3, -0.25) is 10.1 Å². The van der Waals surface area contributed by atoms with E-state index in [2.05, 4.69) is 19.2 Å². The number of carbonyl (C=O) groups excluding carboxylic acids is 2. The smallest absolute Gasteiger partial charge is 0.318 e. The lowest BCUT2D eigenvalue weighted by atomic mass is 10.1. The standard InChI is InChI=1S/C14H21N3O3/c1-3-7-16-10(2)11-5-4-6-12(8-11)20-9-13(18)17-14(15)19/h4-6,8,10,16H,3,7,9H2,1-2H3,(H3,15,17,18,19). The van der Waals surface area contributed by atoms with Crippen molar-refractivity contribution >= 4 is 11.9 Å². The van der Waals surface area contributed by atoms with Gasteiger partial charge in [-0.15, -0.1) is 0 Å². The van der Waals surface area contributed by atoms with E-state index < -0.39 is 11.9 Å². The lowest BCUT2D eigenvalue weighted by Gasteiger charge is -2.14. The lowest BCUT2D eigenvalue weighted by molar-refractivity contribution is -0.121. The largest absolute Gasteiger partial charge is 0.484 e. The average Bonchev–Trinajstić information content (AvgIpc) is 2.42. The maximum absolute atomic E-state index is 11.2. The third-order valence-corrected chi connectivity index (χ3v) is 2.69. The van der Waals surface area contributed by atoms with Crippen LogP contribution in [0.15, 0.2) is 24.3 Å². The zero-order chi connectivity index (χ0) is 15.0. The van der Waals surface area contributed by atoms with Crippen LogP contribution in [-0.2, 0) is 4.79 Å². The Kier molecular flexibility index (Phi) is 6.52. The first-order valence-corrected chi connectivity index (χ1v) is 6.58. The van der Waals surface area contributed by atoms with Crippen LogP contribution in [0.4, 0.5) is 4.79 Å². The van der Waals surface area contributed by atoms with Crippen molar-refractivity contribution < 1.29 is 14.3 Å². The second-order valence-corrected chi connectivity index (χ2v) is 4.45. The van der Waals surface area contributed by atoms with Crippen LogP contribution >= 0.6 is 0 Å². The van der Waals surface area contributed by atoms with Crippen LogP contribution in [-0.4, -0.2) is 25.1 Å². The van der Waals surface area contributed by atoms with E-state index in [9.17, 15) is 9.59 Å². The summed E-state index contributed by atoms with van der Waals surface area (Å²) in [5.41, 5.74) is 5.91. The molecule has 20 heavy (non-hydrogen) atoms. The van der Waals surface area contributed by atoms with Crippen molar-refractivity contribution in [1.82, 2.24) is 10.6 Å². The maximum atomic E-state index is 11.2. The molecule has 0 aliphatic rings. The molecule has 6 nitrogen and oxygen atoms in total. The van der Waals surface area contributed by atoms with Crippen LogP contribution < -0.4 is 21.1 Å². The molecule has 0 saturated heterocycles. The first-order chi connectivity index (χ1) is 9.52. The molecular formula is C14H21N3O3. The summed E-state index contributed by atoms with van der Waals surface area (Å²) < 4.78 is 5.32. The van der Waals surface area contributed by atoms with E-state index in [-0.39, 0.29) is 12.6 Å². The van der Waals surface area contributed by atoms with Gasteiger partial charge in [0.15, 0.2) is 6.61 Å². The highest BCUT2D eigenvalue weighted by Gasteiger charge is 2.08. The number of amides is 3. The van der Waals surface area contributed by atoms with E-state index in [0.717, 1.165) is 18.5 Å². The molecule has 0 heterocycles. The molecule has 0 aliphatic carbocycles. The topological polar surface area (TPSA) is 93.4 Å². The molecule has 0 spiro atoms. The van der Waals surface area contributed by atoms with Crippen molar-refractivity contribution in [3.8, 4) is 5.75 Å². The van der Waals surface area contributed by atoms with E-state index in [4.69, 9.17) is 10.5 Å². The monoisotopic (exact) mass is 279 g/mol. The fourth-order valence-electron chi connectivity index (χ4n) is 1.67. The summed E-state index contributed by atoms with van der Waals surface area (Å²) in [4.78, 5) is 21.7. The molecule has 1 aromatic carbocycles.